The molecule has 4 saturated heterocycles. The van der Waals surface area contributed by atoms with Crippen LogP contribution in [0.5, 0.6) is 0 Å². The minimum absolute atomic E-state index is 0.00292. The van der Waals surface area contributed by atoms with Crippen molar-refractivity contribution in [2.45, 2.75) is 115 Å². The summed E-state index contributed by atoms with van der Waals surface area (Å²) in [5, 5.41) is 16.0. The largest absolute Gasteiger partial charge is 0.394 e. The monoisotopic (exact) mass is 448 g/mol. The summed E-state index contributed by atoms with van der Waals surface area (Å²) in [6, 6.07) is 0. The molecule has 5 atom stereocenters. The molecule has 0 saturated carbocycles. The summed E-state index contributed by atoms with van der Waals surface area (Å²) < 4.78 is 33.3. The fraction of sp³-hybridized carbons (Fsp3) is 1.00. The third-order valence-corrected chi connectivity index (χ3v) is 5.42. The van der Waals surface area contributed by atoms with E-state index in [4.69, 9.17) is 38.6 Å². The van der Waals surface area contributed by atoms with Crippen LogP contribution in [0, 0.1) is 0 Å². The maximum absolute atomic E-state index is 8.11. The molecule has 4 heterocycles. The van der Waals surface area contributed by atoms with Gasteiger partial charge in [0.15, 0.2) is 25.2 Å². The maximum Gasteiger partial charge on any atom is 0.160 e. The molecular formula is C23H44O8. The van der Waals surface area contributed by atoms with E-state index in [1.807, 2.05) is 0 Å². The van der Waals surface area contributed by atoms with Gasteiger partial charge in [-0.1, -0.05) is 0 Å². The van der Waals surface area contributed by atoms with Crippen molar-refractivity contribution in [3.63, 3.8) is 0 Å². The highest BCUT2D eigenvalue weighted by atomic mass is 16.8. The Hall–Kier alpha value is -0.320. The standard InChI is InChI=1S/2C10H18O3.C3H8O2/c2*1-3-7-11-9(5-1)13-10-6-2-4-8-12-10;1-3(5)2-4/h2*9-10H,1-8H2;3-5H,2H2,1H3. The summed E-state index contributed by atoms with van der Waals surface area (Å²) in [7, 11) is 0. The van der Waals surface area contributed by atoms with E-state index in [1.165, 1.54) is 58.3 Å². The molecule has 0 bridgehead atoms. The Labute approximate surface area is 187 Å². The van der Waals surface area contributed by atoms with Crippen LogP contribution in [0.4, 0.5) is 0 Å². The van der Waals surface area contributed by atoms with Gasteiger partial charge in [-0.25, -0.2) is 0 Å². The van der Waals surface area contributed by atoms with E-state index in [-0.39, 0.29) is 31.8 Å². The van der Waals surface area contributed by atoms with Gasteiger partial charge in [-0.05, 0) is 84.0 Å². The van der Waals surface area contributed by atoms with Gasteiger partial charge >= 0.3 is 0 Å². The van der Waals surface area contributed by atoms with Crippen LogP contribution >= 0.6 is 0 Å². The van der Waals surface area contributed by atoms with E-state index in [0.717, 1.165) is 52.1 Å². The lowest BCUT2D eigenvalue weighted by molar-refractivity contribution is -0.264. The highest BCUT2D eigenvalue weighted by Crippen LogP contribution is 2.21. The minimum atomic E-state index is -0.560. The molecule has 0 spiro atoms. The fourth-order valence-corrected chi connectivity index (χ4v) is 3.61. The van der Waals surface area contributed by atoms with Crippen LogP contribution in [0.2, 0.25) is 0 Å². The molecule has 0 amide bonds. The predicted octanol–water partition coefficient (Wildman–Crippen LogP) is 3.47. The normalized spacial score (nSPS) is 32.6. The van der Waals surface area contributed by atoms with Crippen molar-refractivity contribution in [2.75, 3.05) is 33.0 Å². The average molecular weight is 449 g/mol. The molecule has 0 aromatic heterocycles. The van der Waals surface area contributed by atoms with Crippen molar-refractivity contribution in [1.29, 1.82) is 0 Å². The van der Waals surface area contributed by atoms with Gasteiger partial charge in [-0.2, -0.15) is 0 Å². The molecule has 8 nitrogen and oxygen atoms in total. The Morgan fingerprint density at radius 1 is 0.613 bits per heavy atom. The Morgan fingerprint density at radius 2 is 0.871 bits per heavy atom. The molecule has 4 aliphatic rings. The van der Waals surface area contributed by atoms with Gasteiger partial charge in [-0.3, -0.25) is 0 Å². The van der Waals surface area contributed by atoms with Gasteiger partial charge in [-0.15, -0.1) is 0 Å². The molecule has 5 unspecified atom stereocenters. The molecule has 184 valence electrons. The van der Waals surface area contributed by atoms with Gasteiger partial charge in [0.25, 0.3) is 0 Å². The molecule has 8 heteroatoms. The summed E-state index contributed by atoms with van der Waals surface area (Å²) >= 11 is 0. The lowest BCUT2D eigenvalue weighted by Crippen LogP contribution is -2.31. The molecule has 31 heavy (non-hydrogen) atoms. The number of aliphatic hydroxyl groups excluding tert-OH is 2. The van der Waals surface area contributed by atoms with Crippen LogP contribution in [-0.2, 0) is 28.4 Å². The van der Waals surface area contributed by atoms with E-state index in [9.17, 15) is 0 Å². The van der Waals surface area contributed by atoms with Crippen molar-refractivity contribution in [3.05, 3.63) is 0 Å². The quantitative estimate of drug-likeness (QED) is 0.660. The predicted molar refractivity (Wildman–Crippen MR) is 115 cm³/mol. The molecular weight excluding hydrogens is 404 g/mol. The molecule has 4 rings (SSSR count). The van der Waals surface area contributed by atoms with Crippen LogP contribution < -0.4 is 0 Å². The van der Waals surface area contributed by atoms with Crippen LogP contribution in [0.1, 0.15) is 84.0 Å². The highest BCUT2D eigenvalue weighted by molar-refractivity contribution is 4.60. The van der Waals surface area contributed by atoms with Crippen molar-refractivity contribution < 1.29 is 38.6 Å². The third kappa shape index (κ3) is 13.1. The van der Waals surface area contributed by atoms with Gasteiger partial charge in [0, 0.05) is 26.4 Å². The molecule has 0 aromatic carbocycles. The van der Waals surface area contributed by atoms with Crippen molar-refractivity contribution in [2.24, 2.45) is 0 Å². The lowest BCUT2D eigenvalue weighted by atomic mass is 10.2. The maximum atomic E-state index is 8.11. The third-order valence-electron chi connectivity index (χ3n) is 5.42. The lowest BCUT2D eigenvalue weighted by Gasteiger charge is -2.29. The summed E-state index contributed by atoms with van der Waals surface area (Å²) in [5.74, 6) is 0. The first-order valence-electron chi connectivity index (χ1n) is 12.2. The minimum Gasteiger partial charge on any atom is -0.394 e. The summed E-state index contributed by atoms with van der Waals surface area (Å²) in [6.07, 6.45) is 13.1. The Kier molecular flexibility index (Phi) is 14.9. The van der Waals surface area contributed by atoms with E-state index in [0.29, 0.717) is 0 Å². The Bertz CT molecular complexity index is 332. The van der Waals surface area contributed by atoms with Crippen LogP contribution in [0.15, 0.2) is 0 Å². The molecule has 2 N–H and O–H groups in total. The van der Waals surface area contributed by atoms with Gasteiger partial charge in [0.05, 0.1) is 12.7 Å². The Balaban J connectivity index is 0.000000182. The van der Waals surface area contributed by atoms with Crippen molar-refractivity contribution in [1.82, 2.24) is 0 Å². The topological polar surface area (TPSA) is 95.8 Å². The van der Waals surface area contributed by atoms with Crippen molar-refractivity contribution >= 4 is 0 Å². The molecule has 0 aliphatic carbocycles. The summed E-state index contributed by atoms with van der Waals surface area (Å²) in [5.41, 5.74) is 0. The smallest absolute Gasteiger partial charge is 0.160 e. The van der Waals surface area contributed by atoms with E-state index < -0.39 is 6.10 Å². The zero-order valence-electron chi connectivity index (χ0n) is 19.3. The number of ether oxygens (including phenoxy) is 6. The first kappa shape index (κ1) is 26.9. The van der Waals surface area contributed by atoms with E-state index >= 15 is 0 Å². The summed E-state index contributed by atoms with van der Waals surface area (Å²) in [4.78, 5) is 0. The average Bonchev–Trinajstić information content (AvgIpc) is 2.83. The number of aliphatic hydroxyl groups is 2. The molecule has 4 fully saturated rings. The molecule has 0 aromatic rings. The fourth-order valence-electron chi connectivity index (χ4n) is 3.61. The van der Waals surface area contributed by atoms with Crippen molar-refractivity contribution in [3.8, 4) is 0 Å². The molecule has 4 aliphatic heterocycles. The van der Waals surface area contributed by atoms with Gasteiger partial charge < -0.3 is 38.6 Å². The van der Waals surface area contributed by atoms with E-state index in [2.05, 4.69) is 0 Å². The zero-order chi connectivity index (χ0) is 22.2. The van der Waals surface area contributed by atoms with Crippen LogP contribution in [0.3, 0.4) is 0 Å². The first-order chi connectivity index (χ1) is 15.2. The second-order valence-corrected chi connectivity index (χ2v) is 8.49. The zero-order valence-corrected chi connectivity index (χ0v) is 19.3. The second kappa shape index (κ2) is 17.2. The van der Waals surface area contributed by atoms with Gasteiger partial charge in [0.1, 0.15) is 0 Å². The van der Waals surface area contributed by atoms with Crippen LogP contribution in [0.25, 0.3) is 0 Å². The number of rotatable bonds is 5. The first-order valence-corrected chi connectivity index (χ1v) is 12.2. The van der Waals surface area contributed by atoms with Crippen LogP contribution in [-0.4, -0.2) is 74.5 Å². The van der Waals surface area contributed by atoms with Gasteiger partial charge in [0.2, 0.25) is 0 Å². The molecule has 0 radical (unpaired) electrons. The Morgan fingerprint density at radius 3 is 1.03 bits per heavy atom. The highest BCUT2D eigenvalue weighted by Gasteiger charge is 2.22. The number of hydrogen-bond acceptors (Lipinski definition) is 8. The van der Waals surface area contributed by atoms with E-state index in [1.54, 1.807) is 0 Å². The SMILES string of the molecule is C1CCC(OC2CCCCO2)OC1.C1CCC(OC2CCCCO2)OC1.CC(O)CO. The number of hydrogen-bond donors (Lipinski definition) is 2. The second-order valence-electron chi connectivity index (χ2n) is 8.49. The summed E-state index contributed by atoms with van der Waals surface area (Å²) in [6.45, 7) is 4.77.